The van der Waals surface area contributed by atoms with Crippen molar-refractivity contribution in [1.82, 2.24) is 9.55 Å². The van der Waals surface area contributed by atoms with Crippen molar-refractivity contribution in [2.45, 2.75) is 13.3 Å². The summed E-state index contributed by atoms with van der Waals surface area (Å²) in [5.74, 6) is 1.57. The molecule has 102 valence electrons. The smallest absolute Gasteiger partial charge is 0.115 e. The van der Waals surface area contributed by atoms with Crippen LogP contribution in [0.1, 0.15) is 11.4 Å². The van der Waals surface area contributed by atoms with Gasteiger partial charge in [0.25, 0.3) is 0 Å². The van der Waals surface area contributed by atoms with Gasteiger partial charge in [-0.2, -0.15) is 0 Å². The van der Waals surface area contributed by atoms with Gasteiger partial charge in [0, 0.05) is 22.5 Å². The van der Waals surface area contributed by atoms with Crippen LogP contribution < -0.4 is 0 Å². The van der Waals surface area contributed by atoms with E-state index in [1.54, 1.807) is 0 Å². The summed E-state index contributed by atoms with van der Waals surface area (Å²) in [6.07, 6.45) is 0.752. The lowest BCUT2D eigenvalue weighted by Gasteiger charge is -2.10. The molecule has 0 unspecified atom stereocenters. The first-order valence-electron chi connectivity index (χ1n) is 6.49. The van der Waals surface area contributed by atoms with Gasteiger partial charge in [-0.25, -0.2) is 4.98 Å². The fraction of sp³-hybridized carbons (Fsp3) is 0.188. The van der Waals surface area contributed by atoms with Crippen molar-refractivity contribution in [3.05, 3.63) is 58.3 Å². The van der Waals surface area contributed by atoms with Crippen molar-refractivity contribution in [2.24, 2.45) is 0 Å². The van der Waals surface area contributed by atoms with E-state index in [9.17, 15) is 0 Å². The van der Waals surface area contributed by atoms with Gasteiger partial charge in [0.2, 0.25) is 0 Å². The SMILES string of the molecule is Cc1cccc2nc(CCCl)n(-c3cccc(Br)c3)c12. The number of para-hydroxylation sites is 1. The second-order valence-electron chi connectivity index (χ2n) is 4.72. The Morgan fingerprint density at radius 2 is 2.00 bits per heavy atom. The molecule has 20 heavy (non-hydrogen) atoms. The maximum atomic E-state index is 5.93. The number of aromatic nitrogens is 2. The number of halogens is 2. The van der Waals surface area contributed by atoms with Crippen LogP contribution in [0.15, 0.2) is 46.9 Å². The van der Waals surface area contributed by atoms with Crippen LogP contribution in [0.3, 0.4) is 0 Å². The summed E-state index contributed by atoms with van der Waals surface area (Å²) in [6, 6.07) is 14.5. The predicted molar refractivity (Wildman–Crippen MR) is 87.9 cm³/mol. The van der Waals surface area contributed by atoms with Crippen LogP contribution in [0.4, 0.5) is 0 Å². The van der Waals surface area contributed by atoms with E-state index in [0.717, 1.165) is 33.4 Å². The average Bonchev–Trinajstić information content (AvgIpc) is 2.79. The van der Waals surface area contributed by atoms with E-state index in [1.807, 2.05) is 18.2 Å². The molecule has 4 heteroatoms. The molecule has 0 bridgehead atoms. The van der Waals surface area contributed by atoms with Crippen molar-refractivity contribution >= 4 is 38.6 Å². The maximum absolute atomic E-state index is 5.93. The molecule has 2 aromatic carbocycles. The van der Waals surface area contributed by atoms with E-state index in [2.05, 4.69) is 51.7 Å². The lowest BCUT2D eigenvalue weighted by atomic mass is 10.2. The molecule has 1 aromatic heterocycles. The fourth-order valence-corrected chi connectivity index (χ4v) is 3.04. The minimum absolute atomic E-state index is 0.566. The van der Waals surface area contributed by atoms with Crippen LogP contribution in [-0.4, -0.2) is 15.4 Å². The van der Waals surface area contributed by atoms with Gasteiger partial charge in [-0.1, -0.05) is 34.1 Å². The molecule has 0 spiro atoms. The number of fused-ring (bicyclic) bond motifs is 1. The predicted octanol–water partition coefficient (Wildman–Crippen LogP) is 4.88. The molecule has 0 saturated heterocycles. The van der Waals surface area contributed by atoms with Gasteiger partial charge in [0.05, 0.1) is 11.0 Å². The van der Waals surface area contributed by atoms with E-state index in [1.165, 1.54) is 5.56 Å². The molecule has 1 heterocycles. The van der Waals surface area contributed by atoms with Gasteiger partial charge in [-0.3, -0.25) is 4.57 Å². The molecule has 0 amide bonds. The lowest BCUT2D eigenvalue weighted by Crippen LogP contribution is -2.02. The number of rotatable bonds is 3. The Kier molecular flexibility index (Phi) is 3.81. The molecule has 0 radical (unpaired) electrons. The number of benzene rings is 2. The number of alkyl halides is 1. The first kappa shape index (κ1) is 13.7. The summed E-state index contributed by atoms with van der Waals surface area (Å²) in [5.41, 5.74) is 4.50. The average molecular weight is 350 g/mol. The highest BCUT2D eigenvalue weighted by molar-refractivity contribution is 9.10. The minimum Gasteiger partial charge on any atom is -0.296 e. The number of nitrogens with zero attached hydrogens (tertiary/aromatic N) is 2. The van der Waals surface area contributed by atoms with Crippen molar-refractivity contribution < 1.29 is 0 Å². The van der Waals surface area contributed by atoms with Crippen molar-refractivity contribution in [2.75, 3.05) is 5.88 Å². The van der Waals surface area contributed by atoms with E-state index in [4.69, 9.17) is 16.6 Å². The largest absolute Gasteiger partial charge is 0.296 e. The Morgan fingerprint density at radius 1 is 1.20 bits per heavy atom. The number of hydrogen-bond acceptors (Lipinski definition) is 1. The first-order chi connectivity index (χ1) is 9.70. The Labute approximate surface area is 131 Å². The van der Waals surface area contributed by atoms with Crippen LogP contribution >= 0.6 is 27.5 Å². The van der Waals surface area contributed by atoms with E-state index in [-0.39, 0.29) is 0 Å². The highest BCUT2D eigenvalue weighted by atomic mass is 79.9. The molecule has 0 aliphatic rings. The third kappa shape index (κ3) is 2.36. The molecule has 0 atom stereocenters. The van der Waals surface area contributed by atoms with Crippen LogP contribution in [0.5, 0.6) is 0 Å². The van der Waals surface area contributed by atoms with E-state index in [0.29, 0.717) is 5.88 Å². The number of aryl methyl sites for hydroxylation is 2. The van der Waals surface area contributed by atoms with Crippen LogP contribution in [-0.2, 0) is 6.42 Å². The van der Waals surface area contributed by atoms with Gasteiger partial charge in [0.15, 0.2) is 0 Å². The Bertz CT molecular complexity index is 764. The summed E-state index contributed by atoms with van der Waals surface area (Å²) in [5, 5.41) is 0. The summed E-state index contributed by atoms with van der Waals surface area (Å²) in [4.78, 5) is 4.73. The zero-order chi connectivity index (χ0) is 14.1. The molecule has 0 aliphatic carbocycles. The topological polar surface area (TPSA) is 17.8 Å². The van der Waals surface area contributed by atoms with Gasteiger partial charge in [0.1, 0.15) is 5.82 Å². The van der Waals surface area contributed by atoms with Gasteiger partial charge in [-0.15, -0.1) is 11.6 Å². The third-order valence-electron chi connectivity index (χ3n) is 3.33. The molecule has 0 aliphatic heterocycles. The molecule has 0 N–H and O–H groups in total. The molecule has 3 rings (SSSR count). The van der Waals surface area contributed by atoms with Gasteiger partial charge in [-0.05, 0) is 36.8 Å². The van der Waals surface area contributed by atoms with Crippen LogP contribution in [0.2, 0.25) is 0 Å². The molecule has 3 aromatic rings. The Hall–Kier alpha value is -1.32. The van der Waals surface area contributed by atoms with Gasteiger partial charge < -0.3 is 0 Å². The second kappa shape index (κ2) is 5.58. The molecular formula is C16H14BrClN2. The zero-order valence-corrected chi connectivity index (χ0v) is 13.4. The summed E-state index contributed by atoms with van der Waals surface area (Å²) in [7, 11) is 0. The summed E-state index contributed by atoms with van der Waals surface area (Å²) in [6.45, 7) is 2.11. The van der Waals surface area contributed by atoms with Crippen molar-refractivity contribution in [3.8, 4) is 5.69 Å². The minimum atomic E-state index is 0.566. The number of imidazole rings is 1. The fourth-order valence-electron chi connectivity index (χ4n) is 2.49. The summed E-state index contributed by atoms with van der Waals surface area (Å²) < 4.78 is 3.26. The quantitative estimate of drug-likeness (QED) is 0.616. The maximum Gasteiger partial charge on any atom is 0.115 e. The zero-order valence-electron chi connectivity index (χ0n) is 11.1. The van der Waals surface area contributed by atoms with Crippen molar-refractivity contribution in [1.29, 1.82) is 0 Å². The number of hydrogen-bond donors (Lipinski definition) is 0. The highest BCUT2D eigenvalue weighted by Crippen LogP contribution is 2.26. The summed E-state index contributed by atoms with van der Waals surface area (Å²) >= 11 is 9.47. The Balaban J connectivity index is 2.34. The van der Waals surface area contributed by atoms with E-state index < -0.39 is 0 Å². The molecular weight excluding hydrogens is 336 g/mol. The van der Waals surface area contributed by atoms with E-state index >= 15 is 0 Å². The highest BCUT2D eigenvalue weighted by Gasteiger charge is 2.13. The van der Waals surface area contributed by atoms with Crippen LogP contribution in [0.25, 0.3) is 16.7 Å². The standard InChI is InChI=1S/C16H14BrClN2/c1-11-4-2-7-14-16(11)20(15(19-14)8-9-18)13-6-3-5-12(17)10-13/h2-7,10H,8-9H2,1H3. The normalized spacial score (nSPS) is 11.2. The lowest BCUT2D eigenvalue weighted by molar-refractivity contribution is 0.910. The second-order valence-corrected chi connectivity index (χ2v) is 6.02. The molecule has 0 saturated carbocycles. The molecule has 2 nitrogen and oxygen atoms in total. The van der Waals surface area contributed by atoms with Gasteiger partial charge >= 0.3 is 0 Å². The van der Waals surface area contributed by atoms with Crippen molar-refractivity contribution in [3.63, 3.8) is 0 Å². The van der Waals surface area contributed by atoms with Crippen LogP contribution in [0, 0.1) is 6.92 Å². The Morgan fingerprint density at radius 3 is 2.75 bits per heavy atom. The first-order valence-corrected chi connectivity index (χ1v) is 7.82. The third-order valence-corrected chi connectivity index (χ3v) is 4.01. The monoisotopic (exact) mass is 348 g/mol. The molecule has 0 fully saturated rings.